The maximum absolute atomic E-state index is 9.57. The number of β-amino-alcohol motifs (C(OH)–C–C–N with tert-alkyl or cyclic N) is 1. The lowest BCUT2D eigenvalue weighted by molar-refractivity contribution is 0.201. The smallest absolute Gasteiger partial charge is 0.0965 e. The number of anilines is 1. The van der Waals surface area contributed by atoms with Crippen LogP contribution >= 0.6 is 11.8 Å². The van der Waals surface area contributed by atoms with Crippen LogP contribution in [-0.4, -0.2) is 34.5 Å². The molecule has 0 spiro atoms. The van der Waals surface area contributed by atoms with Crippen molar-refractivity contribution >= 4 is 17.4 Å². The van der Waals surface area contributed by atoms with Crippen molar-refractivity contribution in [2.75, 3.05) is 18.8 Å². The molecular weight excluding hydrogens is 198 g/mol. The predicted molar refractivity (Wildman–Crippen MR) is 57.2 cm³/mol. The van der Waals surface area contributed by atoms with Crippen molar-refractivity contribution in [1.82, 2.24) is 10.3 Å². The van der Waals surface area contributed by atoms with Crippen LogP contribution in [-0.2, 0) is 0 Å². The van der Waals surface area contributed by atoms with Crippen LogP contribution in [0.3, 0.4) is 0 Å². The molecule has 0 bridgehead atoms. The third-order valence-corrected chi connectivity index (χ3v) is 3.43. The second kappa shape index (κ2) is 4.16. The summed E-state index contributed by atoms with van der Waals surface area (Å²) in [4.78, 5) is 4.18. The van der Waals surface area contributed by atoms with Gasteiger partial charge in [-0.25, -0.2) is 4.98 Å². The average Bonchev–Trinajstić information content (AvgIpc) is 2.56. The van der Waals surface area contributed by atoms with E-state index in [0.717, 1.165) is 11.6 Å². The monoisotopic (exact) mass is 211 g/mol. The Balaban J connectivity index is 2.00. The molecule has 2 rings (SSSR count). The van der Waals surface area contributed by atoms with E-state index in [-0.39, 0.29) is 11.4 Å². The fraction of sp³-hybridized carbons (Fsp3) is 0.444. The van der Waals surface area contributed by atoms with Crippen LogP contribution in [0.5, 0.6) is 0 Å². The van der Waals surface area contributed by atoms with E-state index in [0.29, 0.717) is 12.2 Å². The zero-order chi connectivity index (χ0) is 9.97. The Morgan fingerprint density at radius 3 is 2.93 bits per heavy atom. The van der Waals surface area contributed by atoms with E-state index < -0.39 is 0 Å². The molecule has 1 aromatic heterocycles. The third-order valence-electron chi connectivity index (χ3n) is 2.16. The number of aliphatic hydroxyl groups is 1. The molecule has 1 aliphatic rings. The first kappa shape index (κ1) is 9.76. The summed E-state index contributed by atoms with van der Waals surface area (Å²) >= 11 is 1.59. The van der Waals surface area contributed by atoms with Crippen molar-refractivity contribution < 1.29 is 5.11 Å². The zero-order valence-corrected chi connectivity index (χ0v) is 8.50. The summed E-state index contributed by atoms with van der Waals surface area (Å²) < 4.78 is 0. The van der Waals surface area contributed by atoms with E-state index in [1.54, 1.807) is 18.0 Å². The van der Waals surface area contributed by atoms with E-state index >= 15 is 0 Å². The minimum atomic E-state index is -0.278. The summed E-state index contributed by atoms with van der Waals surface area (Å²) in [6, 6.07) is 3.70. The molecule has 0 aromatic carbocycles. The van der Waals surface area contributed by atoms with Gasteiger partial charge in [0, 0.05) is 13.1 Å². The molecule has 1 saturated heterocycles. The molecule has 1 fully saturated rings. The van der Waals surface area contributed by atoms with Gasteiger partial charge in [0.05, 0.1) is 28.3 Å². The highest BCUT2D eigenvalue weighted by Crippen LogP contribution is 2.25. The lowest BCUT2D eigenvalue weighted by atomic mass is 10.3. The number of nitrogens with one attached hydrogen (secondary N) is 1. The van der Waals surface area contributed by atoms with E-state index in [4.69, 9.17) is 5.73 Å². The maximum Gasteiger partial charge on any atom is 0.0965 e. The first-order valence-corrected chi connectivity index (χ1v) is 5.40. The second-order valence-electron chi connectivity index (χ2n) is 3.31. The van der Waals surface area contributed by atoms with Gasteiger partial charge in [-0.1, -0.05) is 11.8 Å². The molecule has 5 heteroatoms. The SMILES string of the molecule is Nc1ccc(SC2CNCC2O)nc1. The minimum absolute atomic E-state index is 0.200. The predicted octanol–water partition coefficient (Wildman–Crippen LogP) is 0.0886. The second-order valence-corrected chi connectivity index (χ2v) is 4.57. The molecule has 4 nitrogen and oxygen atoms in total. The Morgan fingerprint density at radius 2 is 2.36 bits per heavy atom. The lowest BCUT2D eigenvalue weighted by Crippen LogP contribution is -2.20. The number of hydrogen-bond acceptors (Lipinski definition) is 5. The van der Waals surface area contributed by atoms with E-state index in [1.165, 1.54) is 0 Å². The summed E-state index contributed by atoms with van der Waals surface area (Å²) in [6.07, 6.45) is 1.36. The Kier molecular flexibility index (Phi) is 2.90. The number of aromatic nitrogens is 1. The summed E-state index contributed by atoms with van der Waals surface area (Å²) in [6.45, 7) is 1.50. The summed E-state index contributed by atoms with van der Waals surface area (Å²) in [5.41, 5.74) is 6.19. The average molecular weight is 211 g/mol. The Labute approximate surface area is 86.9 Å². The quantitative estimate of drug-likeness (QED) is 0.646. The summed E-state index contributed by atoms with van der Waals surface area (Å²) in [5.74, 6) is 0. The normalized spacial score (nSPS) is 26.6. The molecule has 14 heavy (non-hydrogen) atoms. The van der Waals surface area contributed by atoms with Crippen LogP contribution in [0.1, 0.15) is 0 Å². The van der Waals surface area contributed by atoms with Crippen molar-refractivity contribution in [2.45, 2.75) is 16.4 Å². The molecule has 0 aliphatic carbocycles. The number of aliphatic hydroxyl groups excluding tert-OH is 1. The van der Waals surface area contributed by atoms with Gasteiger partial charge in [-0.3, -0.25) is 0 Å². The van der Waals surface area contributed by atoms with E-state index in [1.807, 2.05) is 12.1 Å². The Bertz CT molecular complexity index is 303. The highest BCUT2D eigenvalue weighted by atomic mass is 32.2. The van der Waals surface area contributed by atoms with Crippen molar-refractivity contribution in [3.05, 3.63) is 18.3 Å². The van der Waals surface area contributed by atoms with Gasteiger partial charge in [0.15, 0.2) is 0 Å². The van der Waals surface area contributed by atoms with E-state index in [9.17, 15) is 5.11 Å². The van der Waals surface area contributed by atoms with Gasteiger partial charge in [-0.05, 0) is 12.1 Å². The molecular formula is C9H13N3OS. The molecule has 4 N–H and O–H groups in total. The third kappa shape index (κ3) is 2.17. The number of thioether (sulfide) groups is 1. The van der Waals surface area contributed by atoms with Crippen LogP contribution < -0.4 is 11.1 Å². The van der Waals surface area contributed by atoms with Gasteiger partial charge in [-0.2, -0.15) is 0 Å². The lowest BCUT2D eigenvalue weighted by Gasteiger charge is -2.11. The highest BCUT2D eigenvalue weighted by Gasteiger charge is 2.25. The molecule has 2 heterocycles. The fourth-order valence-electron chi connectivity index (χ4n) is 1.38. The molecule has 0 amide bonds. The minimum Gasteiger partial charge on any atom is -0.397 e. The number of hydrogen-bond donors (Lipinski definition) is 3. The highest BCUT2D eigenvalue weighted by molar-refractivity contribution is 8.00. The Morgan fingerprint density at radius 1 is 1.50 bits per heavy atom. The first-order chi connectivity index (χ1) is 6.75. The number of nitrogens with two attached hydrogens (primary N) is 1. The van der Waals surface area contributed by atoms with Gasteiger partial charge in [-0.15, -0.1) is 0 Å². The number of nitrogen functional groups attached to an aromatic ring is 1. The van der Waals surface area contributed by atoms with Crippen LogP contribution in [0.15, 0.2) is 23.4 Å². The fourth-order valence-corrected chi connectivity index (χ4v) is 2.40. The van der Waals surface area contributed by atoms with Gasteiger partial charge in [0.2, 0.25) is 0 Å². The summed E-state index contributed by atoms with van der Waals surface area (Å²) in [5, 5.41) is 13.8. The number of rotatable bonds is 2. The zero-order valence-electron chi connectivity index (χ0n) is 7.68. The van der Waals surface area contributed by atoms with Crippen LogP contribution in [0.2, 0.25) is 0 Å². The maximum atomic E-state index is 9.57. The molecule has 1 aliphatic heterocycles. The largest absolute Gasteiger partial charge is 0.397 e. The van der Waals surface area contributed by atoms with Crippen molar-refractivity contribution in [3.63, 3.8) is 0 Å². The Hall–Kier alpha value is -0.780. The summed E-state index contributed by atoms with van der Waals surface area (Å²) in [7, 11) is 0. The topological polar surface area (TPSA) is 71.2 Å². The van der Waals surface area contributed by atoms with E-state index in [2.05, 4.69) is 10.3 Å². The molecule has 0 radical (unpaired) electrons. The standard InChI is InChI=1S/C9H13N3OS/c10-6-1-2-9(12-3-6)14-8-5-11-4-7(8)13/h1-3,7-8,11,13H,4-5,10H2. The van der Waals surface area contributed by atoms with Crippen LogP contribution in [0.4, 0.5) is 5.69 Å². The molecule has 2 atom stereocenters. The number of pyridine rings is 1. The van der Waals surface area contributed by atoms with Crippen molar-refractivity contribution in [1.29, 1.82) is 0 Å². The first-order valence-electron chi connectivity index (χ1n) is 4.52. The van der Waals surface area contributed by atoms with Crippen molar-refractivity contribution in [2.24, 2.45) is 0 Å². The molecule has 76 valence electrons. The molecule has 0 saturated carbocycles. The van der Waals surface area contributed by atoms with Gasteiger partial charge in [0.25, 0.3) is 0 Å². The van der Waals surface area contributed by atoms with Crippen molar-refractivity contribution in [3.8, 4) is 0 Å². The van der Waals surface area contributed by atoms with Gasteiger partial charge >= 0.3 is 0 Å². The van der Waals surface area contributed by atoms with Gasteiger partial charge in [0.1, 0.15) is 0 Å². The van der Waals surface area contributed by atoms with Crippen LogP contribution in [0.25, 0.3) is 0 Å². The van der Waals surface area contributed by atoms with Crippen LogP contribution in [0, 0.1) is 0 Å². The molecule has 1 aromatic rings. The van der Waals surface area contributed by atoms with Gasteiger partial charge < -0.3 is 16.2 Å². The number of nitrogens with zero attached hydrogens (tertiary/aromatic N) is 1. The molecule has 2 unspecified atom stereocenters.